The molecule has 0 fully saturated rings. The highest BCUT2D eigenvalue weighted by Crippen LogP contribution is 2.24. The molecule has 7 heteroatoms. The number of carbonyl (C=O) groups excluding carboxylic acids is 1. The predicted octanol–water partition coefficient (Wildman–Crippen LogP) is 2.86. The first-order valence-corrected chi connectivity index (χ1v) is 5.85. The van der Waals surface area contributed by atoms with Crippen LogP contribution in [0.1, 0.15) is 23.0 Å². The molecule has 0 aliphatic heterocycles. The molecule has 0 aliphatic rings. The molecule has 1 aromatic heterocycles. The molecule has 0 bridgehead atoms. The summed E-state index contributed by atoms with van der Waals surface area (Å²) in [6, 6.07) is 10.4. The molecule has 0 saturated carbocycles. The third kappa shape index (κ3) is 3.19. The average Bonchev–Trinajstić information content (AvgIpc) is 2.47. The van der Waals surface area contributed by atoms with Crippen molar-refractivity contribution < 1.29 is 14.5 Å². The van der Waals surface area contributed by atoms with Crippen LogP contribution in [0.25, 0.3) is 0 Å². The first-order chi connectivity index (χ1) is 10.0. The number of nitriles is 1. The maximum atomic E-state index is 11.1. The number of ketones is 1. The Hall–Kier alpha value is -3.27. The summed E-state index contributed by atoms with van der Waals surface area (Å²) in [4.78, 5) is 24.9. The molecule has 0 saturated heterocycles. The van der Waals surface area contributed by atoms with Gasteiger partial charge in [-0.3, -0.25) is 14.9 Å². The Morgan fingerprint density at radius 1 is 1.29 bits per heavy atom. The van der Waals surface area contributed by atoms with Gasteiger partial charge in [0.25, 0.3) is 0 Å². The van der Waals surface area contributed by atoms with Crippen molar-refractivity contribution in [1.29, 1.82) is 5.26 Å². The second-order valence-electron chi connectivity index (χ2n) is 4.07. The number of nitrogens with zero attached hydrogens (tertiary/aromatic N) is 3. The number of carbonyl (C=O) groups is 1. The van der Waals surface area contributed by atoms with Crippen molar-refractivity contribution in [3.05, 3.63) is 57.8 Å². The zero-order valence-electron chi connectivity index (χ0n) is 10.9. The van der Waals surface area contributed by atoms with Crippen molar-refractivity contribution in [2.75, 3.05) is 0 Å². The first kappa shape index (κ1) is 14.1. The van der Waals surface area contributed by atoms with E-state index in [1.807, 2.05) is 0 Å². The monoisotopic (exact) mass is 283 g/mol. The smallest absolute Gasteiger partial charge is 0.305 e. The lowest BCUT2D eigenvalue weighted by atomic mass is 10.1. The van der Waals surface area contributed by atoms with Crippen molar-refractivity contribution in [1.82, 2.24) is 4.98 Å². The molecule has 104 valence electrons. The molecule has 1 aromatic carbocycles. The normalized spacial score (nSPS) is 9.71. The van der Waals surface area contributed by atoms with Crippen molar-refractivity contribution in [3.8, 4) is 17.7 Å². The maximum absolute atomic E-state index is 11.1. The van der Waals surface area contributed by atoms with Crippen molar-refractivity contribution in [2.45, 2.75) is 6.92 Å². The number of benzene rings is 1. The number of pyridine rings is 1. The van der Waals surface area contributed by atoms with Crippen LogP contribution in [0.15, 0.2) is 36.4 Å². The molecule has 21 heavy (non-hydrogen) atoms. The van der Waals surface area contributed by atoms with Crippen LogP contribution < -0.4 is 4.74 Å². The van der Waals surface area contributed by atoms with Crippen LogP contribution in [0.2, 0.25) is 0 Å². The van der Waals surface area contributed by atoms with E-state index in [4.69, 9.17) is 10.00 Å². The van der Waals surface area contributed by atoms with E-state index in [-0.39, 0.29) is 23.0 Å². The summed E-state index contributed by atoms with van der Waals surface area (Å²) in [7, 11) is 0. The fourth-order valence-corrected chi connectivity index (χ4v) is 1.60. The van der Waals surface area contributed by atoms with Crippen molar-refractivity contribution in [2.24, 2.45) is 0 Å². The molecule has 0 amide bonds. The Morgan fingerprint density at radius 2 is 1.95 bits per heavy atom. The summed E-state index contributed by atoms with van der Waals surface area (Å²) in [6.07, 6.45) is 0. The molecule has 0 radical (unpaired) electrons. The number of aromatic nitrogens is 1. The van der Waals surface area contributed by atoms with Crippen molar-refractivity contribution in [3.63, 3.8) is 0 Å². The lowest BCUT2D eigenvalue weighted by Crippen LogP contribution is -1.97. The number of hydrogen-bond donors (Lipinski definition) is 0. The number of ether oxygens (including phenoxy) is 1. The van der Waals surface area contributed by atoms with Gasteiger partial charge in [0.1, 0.15) is 11.8 Å². The highest BCUT2D eigenvalue weighted by molar-refractivity contribution is 5.94. The number of Topliss-reactive ketones (excluding diaryl/α,β-unsaturated/α-hetero) is 1. The van der Waals surface area contributed by atoms with Crippen LogP contribution in [-0.4, -0.2) is 15.7 Å². The van der Waals surface area contributed by atoms with Crippen molar-refractivity contribution >= 4 is 11.5 Å². The van der Waals surface area contributed by atoms with E-state index in [0.717, 1.165) is 6.07 Å². The second-order valence-corrected chi connectivity index (χ2v) is 4.07. The topological polar surface area (TPSA) is 106 Å². The van der Waals surface area contributed by atoms with Gasteiger partial charge in [0.2, 0.25) is 11.6 Å². The Bertz CT molecular complexity index is 748. The van der Waals surface area contributed by atoms with Crippen LogP contribution in [0.4, 0.5) is 5.69 Å². The molecule has 0 unspecified atom stereocenters. The fourth-order valence-electron chi connectivity index (χ4n) is 1.60. The summed E-state index contributed by atoms with van der Waals surface area (Å²) in [5.74, 6) is 0.403. The third-order valence-electron chi connectivity index (χ3n) is 2.63. The molecule has 0 N–H and O–H groups in total. The van der Waals surface area contributed by atoms with E-state index in [1.54, 1.807) is 30.3 Å². The standard InChI is InChI=1S/C14H9N3O4/c1-9(18)10-2-4-11(5-3-10)21-14-7-6-13(17(19)20)12(8-15)16-14/h2-7H,1H3. The number of hydrogen-bond acceptors (Lipinski definition) is 6. The van der Waals surface area contributed by atoms with Gasteiger partial charge in [-0.25, -0.2) is 0 Å². The van der Waals surface area contributed by atoms with E-state index in [9.17, 15) is 14.9 Å². The first-order valence-electron chi connectivity index (χ1n) is 5.85. The molecular formula is C14H9N3O4. The minimum Gasteiger partial charge on any atom is -0.439 e. The summed E-state index contributed by atoms with van der Waals surface area (Å²) in [6.45, 7) is 1.45. The van der Waals surface area contributed by atoms with E-state index in [1.165, 1.54) is 13.0 Å². The van der Waals surface area contributed by atoms with E-state index >= 15 is 0 Å². The van der Waals surface area contributed by atoms with Gasteiger partial charge >= 0.3 is 5.69 Å². The van der Waals surface area contributed by atoms with Crippen LogP contribution in [-0.2, 0) is 0 Å². The van der Waals surface area contributed by atoms with Crippen LogP contribution in [0.5, 0.6) is 11.6 Å². The minimum absolute atomic E-state index is 0.0627. The SMILES string of the molecule is CC(=O)c1ccc(Oc2ccc([N+](=O)[O-])c(C#N)n2)cc1. The summed E-state index contributed by atoms with van der Waals surface area (Å²) in [5.41, 5.74) is -0.161. The molecule has 7 nitrogen and oxygen atoms in total. The van der Waals surface area contributed by atoms with Gasteiger partial charge in [0, 0.05) is 17.7 Å². The zero-order valence-corrected chi connectivity index (χ0v) is 10.9. The van der Waals surface area contributed by atoms with E-state index in [0.29, 0.717) is 11.3 Å². The Kier molecular flexibility index (Phi) is 3.90. The molecule has 0 atom stereocenters. The lowest BCUT2D eigenvalue weighted by Gasteiger charge is -2.05. The predicted molar refractivity (Wildman–Crippen MR) is 72.1 cm³/mol. The summed E-state index contributed by atoms with van der Waals surface area (Å²) in [5, 5.41) is 19.5. The molecule has 2 rings (SSSR count). The fraction of sp³-hybridized carbons (Fsp3) is 0.0714. The van der Waals surface area contributed by atoms with Gasteiger partial charge in [-0.05, 0) is 31.2 Å². The van der Waals surface area contributed by atoms with Crippen LogP contribution in [0, 0.1) is 21.4 Å². The quantitative estimate of drug-likeness (QED) is 0.485. The summed E-state index contributed by atoms with van der Waals surface area (Å²) >= 11 is 0. The Morgan fingerprint density at radius 3 is 2.48 bits per heavy atom. The van der Waals surface area contributed by atoms with Gasteiger partial charge in [-0.2, -0.15) is 10.2 Å². The zero-order chi connectivity index (χ0) is 15.4. The maximum Gasteiger partial charge on any atom is 0.305 e. The molecular weight excluding hydrogens is 274 g/mol. The number of rotatable bonds is 4. The lowest BCUT2D eigenvalue weighted by molar-refractivity contribution is -0.385. The highest BCUT2D eigenvalue weighted by atomic mass is 16.6. The van der Waals surface area contributed by atoms with Gasteiger partial charge < -0.3 is 4.74 Å². The highest BCUT2D eigenvalue weighted by Gasteiger charge is 2.16. The molecule has 2 aromatic rings. The van der Waals surface area contributed by atoms with Gasteiger partial charge in [0.05, 0.1) is 4.92 Å². The Balaban J connectivity index is 2.26. The van der Waals surface area contributed by atoms with Gasteiger partial charge in [0.15, 0.2) is 5.78 Å². The van der Waals surface area contributed by atoms with E-state index in [2.05, 4.69) is 4.98 Å². The van der Waals surface area contributed by atoms with Gasteiger partial charge in [-0.15, -0.1) is 0 Å². The van der Waals surface area contributed by atoms with Gasteiger partial charge in [-0.1, -0.05) is 0 Å². The Labute approximate surface area is 119 Å². The largest absolute Gasteiger partial charge is 0.439 e. The van der Waals surface area contributed by atoms with Crippen LogP contribution >= 0.6 is 0 Å². The summed E-state index contributed by atoms with van der Waals surface area (Å²) < 4.78 is 5.39. The second kappa shape index (κ2) is 5.79. The third-order valence-corrected chi connectivity index (χ3v) is 2.63. The number of nitro groups is 1. The molecule has 0 spiro atoms. The molecule has 1 heterocycles. The van der Waals surface area contributed by atoms with Crippen LogP contribution in [0.3, 0.4) is 0 Å². The average molecular weight is 283 g/mol. The van der Waals surface area contributed by atoms with E-state index < -0.39 is 4.92 Å². The molecule has 0 aliphatic carbocycles. The minimum atomic E-state index is -0.684.